The molecule has 3 rings (SSSR count). The van der Waals surface area contributed by atoms with E-state index in [0.29, 0.717) is 0 Å². The number of hydrogen-bond acceptors (Lipinski definition) is 5. The van der Waals surface area contributed by atoms with E-state index in [0.717, 1.165) is 29.0 Å². The van der Waals surface area contributed by atoms with Crippen LogP contribution in [0.15, 0.2) is 22.9 Å². The third kappa shape index (κ3) is 6.06. The number of aromatic nitrogens is 3. The fourth-order valence-electron chi connectivity index (χ4n) is 2.08. The molecule has 0 saturated carbocycles. The number of rotatable bonds is 2. The van der Waals surface area contributed by atoms with Gasteiger partial charge in [-0.05, 0) is 55.6 Å². The van der Waals surface area contributed by atoms with Gasteiger partial charge in [-0.2, -0.15) is 5.10 Å². The second-order valence-electron chi connectivity index (χ2n) is 6.04. The monoisotopic (exact) mass is 390 g/mol. The van der Waals surface area contributed by atoms with E-state index in [1.165, 1.54) is 19.3 Å². The first-order chi connectivity index (χ1) is 10.4. The maximum absolute atomic E-state index is 9.47. The van der Waals surface area contributed by atoms with Gasteiger partial charge in [-0.15, -0.1) is 0 Å². The molecule has 1 aliphatic rings. The van der Waals surface area contributed by atoms with E-state index in [1.54, 1.807) is 31.5 Å². The van der Waals surface area contributed by atoms with Crippen LogP contribution in [0.1, 0.15) is 33.6 Å². The van der Waals surface area contributed by atoms with Crippen LogP contribution in [0, 0.1) is 0 Å². The van der Waals surface area contributed by atoms with E-state index in [9.17, 15) is 4.79 Å². The molecular formula is C15H20BrN4NaO2. The first kappa shape index (κ1) is 20.4. The molecular weight excluding hydrogens is 371 g/mol. The first-order valence-electron chi connectivity index (χ1n) is 7.21. The molecule has 1 aliphatic heterocycles. The molecule has 0 N–H and O–H groups in total. The minimum absolute atomic E-state index is 0. The SMILES string of the molecule is Brc1cnn2ccc(N3CCCC3)nc12.CC(C)(C)O[C-]=O.[Na+]. The van der Waals surface area contributed by atoms with Crippen molar-refractivity contribution in [1.82, 2.24) is 14.6 Å². The molecule has 1 fully saturated rings. The molecule has 0 unspecified atom stereocenters. The second kappa shape index (κ2) is 9.01. The van der Waals surface area contributed by atoms with Gasteiger partial charge in [0.05, 0.1) is 16.3 Å². The van der Waals surface area contributed by atoms with E-state index in [1.807, 2.05) is 12.3 Å². The van der Waals surface area contributed by atoms with Gasteiger partial charge in [0.1, 0.15) is 5.82 Å². The molecule has 2 aromatic heterocycles. The number of carbonyl (C=O) groups excluding carboxylic acids is 1. The molecule has 8 heteroatoms. The molecule has 23 heavy (non-hydrogen) atoms. The van der Waals surface area contributed by atoms with Crippen molar-refractivity contribution in [3.63, 3.8) is 0 Å². The van der Waals surface area contributed by atoms with Gasteiger partial charge in [0, 0.05) is 19.3 Å². The number of ether oxygens (including phenoxy) is 1. The summed E-state index contributed by atoms with van der Waals surface area (Å²) < 4.78 is 7.15. The Labute approximate surface area is 167 Å². The average molecular weight is 391 g/mol. The molecule has 2 aromatic rings. The molecule has 1 saturated heterocycles. The van der Waals surface area contributed by atoms with Crippen LogP contribution in [0.5, 0.6) is 0 Å². The zero-order valence-electron chi connectivity index (χ0n) is 14.0. The maximum atomic E-state index is 9.47. The summed E-state index contributed by atoms with van der Waals surface area (Å²) in [5, 5.41) is 4.17. The predicted octanol–water partition coefficient (Wildman–Crippen LogP) is -0.0353. The van der Waals surface area contributed by atoms with Gasteiger partial charge < -0.3 is 14.4 Å². The number of anilines is 1. The first-order valence-corrected chi connectivity index (χ1v) is 8.00. The Morgan fingerprint density at radius 3 is 2.48 bits per heavy atom. The summed E-state index contributed by atoms with van der Waals surface area (Å²) in [7, 11) is 0. The second-order valence-corrected chi connectivity index (χ2v) is 6.89. The molecule has 0 spiro atoms. The number of hydrogen-bond donors (Lipinski definition) is 0. The third-order valence-corrected chi connectivity index (χ3v) is 3.65. The Hall–Kier alpha value is -0.630. The predicted molar refractivity (Wildman–Crippen MR) is 88.7 cm³/mol. The van der Waals surface area contributed by atoms with Crippen molar-refractivity contribution < 1.29 is 39.1 Å². The standard InChI is InChI=1S/C10H11BrN4.C5H9O2.Na/c11-8-7-12-15-6-3-9(13-10(8)15)14-4-1-2-5-14;1-5(2,3)7-4-6;/h3,6-7H,1-2,4-5H2;1-3H3;/q;-1;+1. The number of fused-ring (bicyclic) bond motifs is 1. The third-order valence-electron chi connectivity index (χ3n) is 3.09. The molecule has 0 amide bonds. The summed E-state index contributed by atoms with van der Waals surface area (Å²) in [5.74, 6) is 1.06. The Morgan fingerprint density at radius 1 is 1.30 bits per heavy atom. The average Bonchev–Trinajstić information content (AvgIpc) is 3.08. The quantitative estimate of drug-likeness (QED) is 0.532. The van der Waals surface area contributed by atoms with Crippen LogP contribution in [0.2, 0.25) is 0 Å². The van der Waals surface area contributed by atoms with Crippen molar-refractivity contribution >= 4 is 33.9 Å². The molecule has 0 aromatic carbocycles. The molecule has 6 nitrogen and oxygen atoms in total. The maximum Gasteiger partial charge on any atom is 1.00 e. The minimum atomic E-state index is -0.373. The molecule has 0 atom stereocenters. The normalized spacial score (nSPS) is 14.0. The van der Waals surface area contributed by atoms with Crippen molar-refractivity contribution in [3.05, 3.63) is 22.9 Å². The number of halogens is 1. The summed E-state index contributed by atoms with van der Waals surface area (Å²) >= 11 is 3.45. The van der Waals surface area contributed by atoms with Crippen LogP contribution < -0.4 is 34.5 Å². The van der Waals surface area contributed by atoms with Crippen molar-refractivity contribution in [2.75, 3.05) is 18.0 Å². The topological polar surface area (TPSA) is 59.7 Å². The van der Waals surface area contributed by atoms with Crippen LogP contribution >= 0.6 is 15.9 Å². The Balaban J connectivity index is 0.000000287. The number of nitrogens with zero attached hydrogens (tertiary/aromatic N) is 4. The summed E-state index contributed by atoms with van der Waals surface area (Å²) in [4.78, 5) is 16.4. The fourth-order valence-corrected chi connectivity index (χ4v) is 2.44. The molecule has 0 radical (unpaired) electrons. The van der Waals surface area contributed by atoms with Gasteiger partial charge in [0.15, 0.2) is 5.65 Å². The van der Waals surface area contributed by atoms with E-state index < -0.39 is 0 Å². The Bertz CT molecular complexity index is 636. The van der Waals surface area contributed by atoms with Crippen molar-refractivity contribution in [2.24, 2.45) is 0 Å². The molecule has 0 bridgehead atoms. The van der Waals surface area contributed by atoms with Crippen LogP contribution in [-0.2, 0) is 9.53 Å². The zero-order valence-corrected chi connectivity index (χ0v) is 17.6. The van der Waals surface area contributed by atoms with Gasteiger partial charge in [-0.25, -0.2) is 9.50 Å². The zero-order chi connectivity index (χ0) is 16.2. The van der Waals surface area contributed by atoms with Gasteiger partial charge >= 0.3 is 29.6 Å². The van der Waals surface area contributed by atoms with Crippen LogP contribution in [-0.4, -0.2) is 39.8 Å². The van der Waals surface area contributed by atoms with Gasteiger partial charge in [-0.1, -0.05) is 6.47 Å². The van der Waals surface area contributed by atoms with E-state index >= 15 is 0 Å². The molecule has 0 aliphatic carbocycles. The van der Waals surface area contributed by atoms with Crippen LogP contribution in [0.4, 0.5) is 5.82 Å². The minimum Gasteiger partial charge on any atom is -0.649 e. The summed E-state index contributed by atoms with van der Waals surface area (Å²) in [6.07, 6.45) is 6.28. The Morgan fingerprint density at radius 2 is 1.96 bits per heavy atom. The van der Waals surface area contributed by atoms with Gasteiger partial charge in [0.2, 0.25) is 0 Å². The van der Waals surface area contributed by atoms with Gasteiger partial charge in [0.25, 0.3) is 0 Å². The summed E-state index contributed by atoms with van der Waals surface area (Å²) in [6.45, 7) is 8.97. The summed E-state index contributed by atoms with van der Waals surface area (Å²) in [5.41, 5.74) is 0.515. The van der Waals surface area contributed by atoms with E-state index in [2.05, 4.69) is 35.6 Å². The van der Waals surface area contributed by atoms with E-state index in [-0.39, 0.29) is 35.2 Å². The Kier molecular flexibility index (Phi) is 8.00. The molecule has 3 heterocycles. The molecule has 120 valence electrons. The fraction of sp³-hybridized carbons (Fsp3) is 0.533. The van der Waals surface area contributed by atoms with Gasteiger partial charge in [-0.3, -0.25) is 0 Å². The van der Waals surface area contributed by atoms with Crippen LogP contribution in [0.25, 0.3) is 5.65 Å². The largest absolute Gasteiger partial charge is 1.00 e. The smallest absolute Gasteiger partial charge is 0.649 e. The van der Waals surface area contributed by atoms with Crippen molar-refractivity contribution in [1.29, 1.82) is 0 Å². The summed E-state index contributed by atoms with van der Waals surface area (Å²) in [6, 6.07) is 2.03. The van der Waals surface area contributed by atoms with Crippen molar-refractivity contribution in [3.8, 4) is 0 Å². The van der Waals surface area contributed by atoms with Crippen molar-refractivity contribution in [2.45, 2.75) is 39.2 Å². The van der Waals surface area contributed by atoms with E-state index in [4.69, 9.17) is 0 Å². The van der Waals surface area contributed by atoms with Crippen LogP contribution in [0.3, 0.4) is 0 Å².